The van der Waals surface area contributed by atoms with Gasteiger partial charge in [0.25, 0.3) is 11.8 Å². The van der Waals surface area contributed by atoms with Gasteiger partial charge in [0.2, 0.25) is 12.7 Å². The van der Waals surface area contributed by atoms with Crippen LogP contribution in [0.3, 0.4) is 0 Å². The fourth-order valence-corrected chi connectivity index (χ4v) is 5.78. The van der Waals surface area contributed by atoms with Crippen molar-refractivity contribution in [2.75, 3.05) is 59.7 Å². The van der Waals surface area contributed by atoms with Gasteiger partial charge in [0.05, 0.1) is 6.61 Å². The van der Waals surface area contributed by atoms with Gasteiger partial charge in [-0.1, -0.05) is 18.2 Å². The van der Waals surface area contributed by atoms with Crippen LogP contribution in [0.25, 0.3) is 0 Å². The zero-order chi connectivity index (χ0) is 26.3. The molecule has 2 aromatic rings. The van der Waals surface area contributed by atoms with Crippen LogP contribution < -0.4 is 9.47 Å². The van der Waals surface area contributed by atoms with E-state index in [1.54, 1.807) is 40.1 Å². The minimum atomic E-state index is -0.939. The Balaban J connectivity index is 1.22. The topological polar surface area (TPSA) is 91.9 Å². The van der Waals surface area contributed by atoms with Gasteiger partial charge >= 0.3 is 0 Å². The van der Waals surface area contributed by atoms with Gasteiger partial charge in [-0.25, -0.2) is 0 Å². The maximum absolute atomic E-state index is 13.9. The number of likely N-dealkylation sites (N-methyl/N-ethyl adjacent to an activating group) is 1. The standard InChI is InChI=1S/C28H32N4O6/c1-29-13-15-31(16-14-29)27(35)22-18-38-28(32(22)26(34)20-5-3-2-4-6-20)9-11-30(12-10-28)25(33)21-7-8-23-24(17-21)37-19-36-23/h2-8,17,22H,9-16,18-19H2,1H3. The number of nitrogens with zero attached hydrogens (tertiary/aromatic N) is 4. The lowest BCUT2D eigenvalue weighted by Gasteiger charge is -2.45. The van der Waals surface area contributed by atoms with Crippen molar-refractivity contribution in [3.8, 4) is 11.5 Å². The number of ether oxygens (including phenoxy) is 3. The van der Waals surface area contributed by atoms with E-state index in [0.717, 1.165) is 13.1 Å². The predicted molar refractivity (Wildman–Crippen MR) is 137 cm³/mol. The summed E-state index contributed by atoms with van der Waals surface area (Å²) in [6, 6.07) is 13.5. The molecule has 10 heteroatoms. The van der Waals surface area contributed by atoms with Gasteiger partial charge in [-0.3, -0.25) is 19.3 Å². The number of piperazine rings is 1. The second-order valence-corrected chi connectivity index (χ2v) is 10.3. The van der Waals surface area contributed by atoms with E-state index >= 15 is 0 Å². The first-order valence-electron chi connectivity index (χ1n) is 13.1. The molecule has 0 N–H and O–H groups in total. The number of likely N-dealkylation sites (tertiary alicyclic amines) is 1. The van der Waals surface area contributed by atoms with Crippen molar-refractivity contribution in [2.45, 2.75) is 24.6 Å². The molecule has 0 saturated carbocycles. The van der Waals surface area contributed by atoms with E-state index in [1.807, 2.05) is 30.1 Å². The van der Waals surface area contributed by atoms with Crippen LogP contribution in [0, 0.1) is 0 Å². The molecule has 10 nitrogen and oxygen atoms in total. The molecule has 0 aliphatic carbocycles. The molecule has 1 spiro atoms. The van der Waals surface area contributed by atoms with Gasteiger partial charge in [-0.15, -0.1) is 0 Å². The molecule has 1 unspecified atom stereocenters. The van der Waals surface area contributed by atoms with Crippen LogP contribution in [-0.4, -0.2) is 109 Å². The van der Waals surface area contributed by atoms with Gasteiger partial charge in [-0.05, 0) is 37.4 Å². The Morgan fingerprint density at radius 1 is 0.789 bits per heavy atom. The van der Waals surface area contributed by atoms with Crippen LogP contribution in [0.5, 0.6) is 11.5 Å². The molecule has 3 fully saturated rings. The maximum atomic E-state index is 13.9. The summed E-state index contributed by atoms with van der Waals surface area (Å²) in [6.45, 7) is 3.97. The number of hydrogen-bond donors (Lipinski definition) is 0. The summed E-state index contributed by atoms with van der Waals surface area (Å²) in [4.78, 5) is 48.3. The van der Waals surface area contributed by atoms with Crippen molar-refractivity contribution in [1.29, 1.82) is 0 Å². The molecule has 3 amide bonds. The smallest absolute Gasteiger partial charge is 0.256 e. The van der Waals surface area contributed by atoms with E-state index in [1.165, 1.54) is 0 Å². The van der Waals surface area contributed by atoms with Crippen LogP contribution >= 0.6 is 0 Å². The third kappa shape index (κ3) is 4.37. The van der Waals surface area contributed by atoms with Crippen molar-refractivity contribution in [3.63, 3.8) is 0 Å². The van der Waals surface area contributed by atoms with E-state index in [0.29, 0.717) is 61.6 Å². The highest BCUT2D eigenvalue weighted by atomic mass is 16.7. The first-order valence-corrected chi connectivity index (χ1v) is 13.1. The number of amides is 3. The molecule has 200 valence electrons. The molecular weight excluding hydrogens is 488 g/mol. The van der Waals surface area contributed by atoms with E-state index in [9.17, 15) is 14.4 Å². The zero-order valence-corrected chi connectivity index (χ0v) is 21.5. The van der Waals surface area contributed by atoms with Gasteiger partial charge in [0, 0.05) is 63.2 Å². The minimum absolute atomic E-state index is 0.0712. The second kappa shape index (κ2) is 9.92. The van der Waals surface area contributed by atoms with Gasteiger partial charge in [0.15, 0.2) is 11.5 Å². The Bertz CT molecular complexity index is 1220. The number of piperidine rings is 1. The van der Waals surface area contributed by atoms with Crippen LogP contribution in [0.1, 0.15) is 33.6 Å². The molecule has 38 heavy (non-hydrogen) atoms. The summed E-state index contributed by atoms with van der Waals surface area (Å²) in [6.07, 6.45) is 0.850. The lowest BCUT2D eigenvalue weighted by Crippen LogP contribution is -2.61. The monoisotopic (exact) mass is 520 g/mol. The van der Waals surface area contributed by atoms with E-state index < -0.39 is 11.8 Å². The van der Waals surface area contributed by atoms with Crippen molar-refractivity contribution in [2.24, 2.45) is 0 Å². The molecule has 4 heterocycles. The normalized spacial score (nSPS) is 22.7. The average molecular weight is 521 g/mol. The SMILES string of the molecule is CN1CCN(C(=O)C2COC3(CCN(C(=O)c4ccc5c(c4)OCO5)CC3)N2C(=O)c2ccccc2)CC1. The highest BCUT2D eigenvalue weighted by molar-refractivity contribution is 5.99. The Labute approximate surface area is 221 Å². The van der Waals surface area contributed by atoms with Crippen LogP contribution in [0.15, 0.2) is 48.5 Å². The highest BCUT2D eigenvalue weighted by Crippen LogP contribution is 2.40. The largest absolute Gasteiger partial charge is 0.454 e. The average Bonchev–Trinajstić information content (AvgIpc) is 3.58. The molecule has 6 rings (SSSR count). The first kappa shape index (κ1) is 24.7. The number of rotatable bonds is 3. The lowest BCUT2D eigenvalue weighted by atomic mass is 9.96. The van der Waals surface area contributed by atoms with Gasteiger partial charge < -0.3 is 28.9 Å². The number of carbonyl (C=O) groups excluding carboxylic acids is 3. The van der Waals surface area contributed by atoms with Crippen molar-refractivity contribution < 1.29 is 28.6 Å². The molecule has 0 radical (unpaired) electrons. The highest BCUT2D eigenvalue weighted by Gasteiger charge is 2.55. The number of hydrogen-bond acceptors (Lipinski definition) is 7. The second-order valence-electron chi connectivity index (χ2n) is 10.3. The molecule has 4 aliphatic rings. The number of benzene rings is 2. The summed E-state index contributed by atoms with van der Waals surface area (Å²) < 4.78 is 17.1. The van der Waals surface area contributed by atoms with E-state index in [-0.39, 0.29) is 31.1 Å². The first-order chi connectivity index (χ1) is 18.4. The quantitative estimate of drug-likeness (QED) is 0.608. The molecule has 2 aromatic carbocycles. The predicted octanol–water partition coefficient (Wildman–Crippen LogP) is 1.66. The third-order valence-electron chi connectivity index (χ3n) is 8.05. The summed E-state index contributed by atoms with van der Waals surface area (Å²) in [5.41, 5.74) is 0.108. The molecular formula is C28H32N4O6. The Kier molecular flexibility index (Phi) is 6.45. The summed E-state index contributed by atoms with van der Waals surface area (Å²) in [7, 11) is 2.04. The van der Waals surface area contributed by atoms with Crippen LogP contribution in [0.2, 0.25) is 0 Å². The fraction of sp³-hybridized carbons (Fsp3) is 0.464. The lowest BCUT2D eigenvalue weighted by molar-refractivity contribution is -0.139. The Morgan fingerprint density at radius 2 is 1.50 bits per heavy atom. The summed E-state index contributed by atoms with van der Waals surface area (Å²) in [5, 5.41) is 0. The van der Waals surface area contributed by atoms with Crippen LogP contribution in [-0.2, 0) is 9.53 Å². The van der Waals surface area contributed by atoms with Crippen molar-refractivity contribution in [3.05, 3.63) is 59.7 Å². The third-order valence-corrected chi connectivity index (χ3v) is 8.05. The molecule has 1 atom stereocenters. The van der Waals surface area contributed by atoms with Gasteiger partial charge in [-0.2, -0.15) is 0 Å². The van der Waals surface area contributed by atoms with E-state index in [4.69, 9.17) is 14.2 Å². The minimum Gasteiger partial charge on any atom is -0.454 e. The molecule has 3 saturated heterocycles. The number of carbonyl (C=O) groups is 3. The Hall–Kier alpha value is -3.63. The van der Waals surface area contributed by atoms with Crippen molar-refractivity contribution in [1.82, 2.24) is 19.6 Å². The molecule has 4 aliphatic heterocycles. The van der Waals surface area contributed by atoms with Crippen LogP contribution in [0.4, 0.5) is 0 Å². The molecule has 0 aromatic heterocycles. The Morgan fingerprint density at radius 3 is 2.24 bits per heavy atom. The molecule has 0 bridgehead atoms. The summed E-state index contributed by atoms with van der Waals surface area (Å²) >= 11 is 0. The maximum Gasteiger partial charge on any atom is 0.256 e. The van der Waals surface area contributed by atoms with E-state index in [2.05, 4.69) is 4.90 Å². The van der Waals surface area contributed by atoms with Gasteiger partial charge in [0.1, 0.15) is 11.8 Å². The van der Waals surface area contributed by atoms with Crippen molar-refractivity contribution >= 4 is 17.7 Å². The number of fused-ring (bicyclic) bond motifs is 1. The summed E-state index contributed by atoms with van der Waals surface area (Å²) in [5.74, 6) is 0.796. The zero-order valence-electron chi connectivity index (χ0n) is 21.5. The fourth-order valence-electron chi connectivity index (χ4n) is 5.78.